The molecule has 2 fully saturated rings. The highest BCUT2D eigenvalue weighted by molar-refractivity contribution is 5.81. The van der Waals surface area contributed by atoms with Crippen LogP contribution >= 0.6 is 0 Å². The molecule has 0 aromatic heterocycles. The van der Waals surface area contributed by atoms with Gasteiger partial charge < -0.3 is 9.84 Å². The first-order chi connectivity index (χ1) is 8.72. The van der Waals surface area contributed by atoms with E-state index in [0.717, 1.165) is 25.7 Å². The number of carbonyl (C=O) groups is 2. The van der Waals surface area contributed by atoms with Crippen LogP contribution in [0.5, 0.6) is 0 Å². The quantitative estimate of drug-likeness (QED) is 0.794. The van der Waals surface area contributed by atoms with Crippen LogP contribution in [-0.2, 0) is 9.53 Å². The summed E-state index contributed by atoms with van der Waals surface area (Å²) in [5, 5.41) is 9.33. The lowest BCUT2D eigenvalue weighted by Crippen LogP contribution is -2.43. The molecule has 1 aliphatic carbocycles. The number of hydrogen-bond donors (Lipinski definition) is 1. The van der Waals surface area contributed by atoms with Gasteiger partial charge in [0.2, 0.25) is 0 Å². The summed E-state index contributed by atoms with van der Waals surface area (Å²) >= 11 is 0. The zero-order valence-electron chi connectivity index (χ0n) is 11.9. The summed E-state index contributed by atoms with van der Waals surface area (Å²) < 4.78 is 5.33. The van der Waals surface area contributed by atoms with Crippen molar-refractivity contribution in [2.45, 2.75) is 64.5 Å². The Kier molecular flexibility index (Phi) is 3.49. The van der Waals surface area contributed by atoms with Crippen molar-refractivity contribution in [3.8, 4) is 0 Å². The third-order valence-corrected chi connectivity index (χ3v) is 4.09. The maximum Gasteiger partial charge on any atom is 0.411 e. The smallest absolute Gasteiger partial charge is 0.411 e. The minimum Gasteiger partial charge on any atom is -0.480 e. The summed E-state index contributed by atoms with van der Waals surface area (Å²) in [5.74, 6) is -0.922. The van der Waals surface area contributed by atoms with E-state index in [1.165, 1.54) is 4.90 Å². The van der Waals surface area contributed by atoms with Crippen molar-refractivity contribution in [2.24, 2.45) is 5.41 Å². The van der Waals surface area contributed by atoms with Crippen LogP contribution in [0, 0.1) is 5.41 Å². The van der Waals surface area contributed by atoms with E-state index < -0.39 is 23.7 Å². The van der Waals surface area contributed by atoms with Crippen LogP contribution in [0.3, 0.4) is 0 Å². The molecule has 0 bridgehead atoms. The largest absolute Gasteiger partial charge is 0.480 e. The van der Waals surface area contributed by atoms with Crippen molar-refractivity contribution >= 4 is 12.1 Å². The van der Waals surface area contributed by atoms with Gasteiger partial charge in [-0.25, -0.2) is 9.59 Å². The van der Waals surface area contributed by atoms with Gasteiger partial charge in [0.25, 0.3) is 0 Å². The Labute approximate surface area is 113 Å². The molecular weight excluding hydrogens is 246 g/mol. The Morgan fingerprint density at radius 2 is 1.84 bits per heavy atom. The lowest BCUT2D eigenvalue weighted by Gasteiger charge is -2.27. The molecule has 1 aliphatic heterocycles. The van der Waals surface area contributed by atoms with Crippen LogP contribution < -0.4 is 0 Å². The molecule has 0 radical (unpaired) electrons. The first-order valence-corrected chi connectivity index (χ1v) is 6.95. The van der Waals surface area contributed by atoms with Crippen LogP contribution in [0.4, 0.5) is 4.79 Å². The summed E-state index contributed by atoms with van der Waals surface area (Å²) in [6.07, 6.45) is 4.39. The molecule has 1 spiro atoms. The lowest BCUT2D eigenvalue weighted by molar-refractivity contribution is -0.142. The third kappa shape index (κ3) is 3.01. The number of carbonyl (C=O) groups excluding carboxylic acids is 1. The van der Waals surface area contributed by atoms with Gasteiger partial charge in [-0.3, -0.25) is 4.90 Å². The predicted molar refractivity (Wildman–Crippen MR) is 69.9 cm³/mol. The average Bonchev–Trinajstić information content (AvgIpc) is 2.84. The Hall–Kier alpha value is -1.26. The van der Waals surface area contributed by atoms with Crippen LogP contribution in [0.1, 0.15) is 52.9 Å². The van der Waals surface area contributed by atoms with Crippen molar-refractivity contribution in [1.82, 2.24) is 4.90 Å². The molecule has 1 amide bonds. The number of carboxylic acids is 1. The summed E-state index contributed by atoms with van der Waals surface area (Å²) in [6, 6.07) is -0.729. The maximum absolute atomic E-state index is 12.2. The first-order valence-electron chi connectivity index (χ1n) is 6.95. The lowest BCUT2D eigenvalue weighted by atomic mass is 9.84. The molecule has 0 aromatic carbocycles. The number of likely N-dealkylation sites (tertiary alicyclic amines) is 1. The number of hydrogen-bond acceptors (Lipinski definition) is 3. The van der Waals surface area contributed by atoms with E-state index in [0.29, 0.717) is 13.0 Å². The minimum absolute atomic E-state index is 0.0139. The van der Waals surface area contributed by atoms with E-state index >= 15 is 0 Å². The molecule has 1 atom stereocenters. The van der Waals surface area contributed by atoms with Crippen LogP contribution in [0.2, 0.25) is 0 Å². The van der Waals surface area contributed by atoms with E-state index in [9.17, 15) is 14.7 Å². The number of amides is 1. The van der Waals surface area contributed by atoms with E-state index in [-0.39, 0.29) is 5.41 Å². The Morgan fingerprint density at radius 3 is 2.32 bits per heavy atom. The van der Waals surface area contributed by atoms with Gasteiger partial charge in [-0.2, -0.15) is 0 Å². The molecule has 0 unspecified atom stereocenters. The van der Waals surface area contributed by atoms with Crippen molar-refractivity contribution in [3.05, 3.63) is 0 Å². The predicted octanol–water partition coefficient (Wildman–Crippen LogP) is 2.64. The Morgan fingerprint density at radius 1 is 1.26 bits per heavy atom. The van der Waals surface area contributed by atoms with Crippen LogP contribution in [0.15, 0.2) is 0 Å². The zero-order valence-corrected chi connectivity index (χ0v) is 11.9. The normalized spacial score (nSPS) is 25.8. The van der Waals surface area contributed by atoms with Gasteiger partial charge >= 0.3 is 12.1 Å². The molecule has 1 saturated carbocycles. The van der Waals surface area contributed by atoms with Crippen molar-refractivity contribution in [2.75, 3.05) is 6.54 Å². The van der Waals surface area contributed by atoms with Crippen LogP contribution in [0.25, 0.3) is 0 Å². The number of carboxylic acid groups (broad SMARTS) is 1. The second-order valence-electron chi connectivity index (χ2n) is 6.87. The van der Waals surface area contributed by atoms with E-state index in [1.54, 1.807) is 20.8 Å². The molecule has 108 valence electrons. The average molecular weight is 269 g/mol. The maximum atomic E-state index is 12.2. The summed E-state index contributed by atoms with van der Waals surface area (Å²) in [4.78, 5) is 24.9. The topological polar surface area (TPSA) is 66.8 Å². The Bertz CT molecular complexity index is 379. The molecule has 1 N–H and O–H groups in total. The molecule has 2 aliphatic rings. The van der Waals surface area contributed by atoms with E-state index in [1.807, 2.05) is 0 Å². The van der Waals surface area contributed by atoms with Gasteiger partial charge in [0.15, 0.2) is 0 Å². The summed E-state index contributed by atoms with van der Waals surface area (Å²) in [5.41, 5.74) is -0.578. The fraction of sp³-hybridized carbons (Fsp3) is 0.857. The van der Waals surface area contributed by atoms with Gasteiger partial charge in [0.05, 0.1) is 0 Å². The first kappa shape index (κ1) is 14.2. The van der Waals surface area contributed by atoms with Crippen LogP contribution in [-0.4, -0.2) is 40.3 Å². The van der Waals surface area contributed by atoms with Gasteiger partial charge in [0.1, 0.15) is 11.6 Å². The number of ether oxygens (including phenoxy) is 1. The van der Waals surface area contributed by atoms with Gasteiger partial charge in [0, 0.05) is 6.54 Å². The zero-order chi connectivity index (χ0) is 14.3. The highest BCUT2D eigenvalue weighted by Crippen LogP contribution is 2.48. The minimum atomic E-state index is -0.922. The third-order valence-electron chi connectivity index (χ3n) is 4.09. The molecule has 5 nitrogen and oxygen atoms in total. The SMILES string of the molecule is CC(C)(C)OC(=O)N1CC2(CCCC2)C[C@@H]1C(=O)O. The monoisotopic (exact) mass is 269 g/mol. The molecule has 2 rings (SSSR count). The molecular formula is C14H23NO4. The summed E-state index contributed by atoms with van der Waals surface area (Å²) in [7, 11) is 0. The fourth-order valence-electron chi connectivity index (χ4n) is 3.28. The Balaban J connectivity index is 2.13. The van der Waals surface area contributed by atoms with Gasteiger partial charge in [-0.1, -0.05) is 12.8 Å². The number of rotatable bonds is 1. The van der Waals surface area contributed by atoms with E-state index in [2.05, 4.69) is 0 Å². The van der Waals surface area contributed by atoms with Gasteiger partial charge in [-0.05, 0) is 45.4 Å². The standard InChI is InChI=1S/C14H23NO4/c1-13(2,3)19-12(18)15-9-14(6-4-5-7-14)8-10(15)11(16)17/h10H,4-9H2,1-3H3,(H,16,17)/t10-/m1/s1. The fourth-order valence-corrected chi connectivity index (χ4v) is 3.28. The second kappa shape index (κ2) is 4.69. The molecule has 19 heavy (non-hydrogen) atoms. The van der Waals surface area contributed by atoms with Crippen molar-refractivity contribution in [1.29, 1.82) is 0 Å². The molecule has 1 saturated heterocycles. The van der Waals surface area contributed by atoms with Crippen molar-refractivity contribution in [3.63, 3.8) is 0 Å². The molecule has 5 heteroatoms. The highest BCUT2D eigenvalue weighted by atomic mass is 16.6. The number of aliphatic carboxylic acids is 1. The summed E-state index contributed by atoms with van der Waals surface area (Å²) in [6.45, 7) is 5.91. The second-order valence-corrected chi connectivity index (χ2v) is 6.87. The van der Waals surface area contributed by atoms with Crippen molar-refractivity contribution < 1.29 is 19.4 Å². The van der Waals surface area contributed by atoms with E-state index in [4.69, 9.17) is 4.74 Å². The number of nitrogens with zero attached hydrogens (tertiary/aromatic N) is 1. The molecule has 1 heterocycles. The molecule has 0 aromatic rings. The van der Waals surface area contributed by atoms with Gasteiger partial charge in [-0.15, -0.1) is 0 Å². The highest BCUT2D eigenvalue weighted by Gasteiger charge is 2.50.